The highest BCUT2D eigenvalue weighted by Crippen LogP contribution is 2.39. The molecule has 19 heavy (non-hydrogen) atoms. The maximum Gasteiger partial charge on any atom is 0.152 e. The van der Waals surface area contributed by atoms with Crippen LogP contribution >= 0.6 is 0 Å². The molecule has 1 unspecified atom stereocenters. The molecule has 5 heteroatoms. The minimum atomic E-state index is -0.932. The Hall–Kier alpha value is -1.23. The molecule has 1 aliphatic heterocycles. The number of nitrogens with one attached hydrogen (secondary N) is 1. The Kier molecular flexibility index (Phi) is 3.29. The number of benzene rings is 1. The molecule has 2 rings (SSSR count). The summed E-state index contributed by atoms with van der Waals surface area (Å²) in [4.78, 5) is 0. The normalized spacial score (nSPS) is 24.5. The number of hydrogen-bond donors (Lipinski definition) is 1. The van der Waals surface area contributed by atoms with Crippen molar-refractivity contribution >= 4 is 5.69 Å². The Bertz CT molecular complexity index is 476. The van der Waals surface area contributed by atoms with Crippen molar-refractivity contribution in [2.45, 2.75) is 51.4 Å². The first-order chi connectivity index (χ1) is 8.61. The van der Waals surface area contributed by atoms with E-state index in [1.54, 1.807) is 0 Å². The van der Waals surface area contributed by atoms with Crippen LogP contribution in [0.25, 0.3) is 0 Å². The van der Waals surface area contributed by atoms with Crippen LogP contribution in [0.2, 0.25) is 0 Å². The van der Waals surface area contributed by atoms with Gasteiger partial charge in [0, 0.05) is 12.1 Å². The van der Waals surface area contributed by atoms with Gasteiger partial charge in [-0.15, -0.1) is 0 Å². The highest BCUT2D eigenvalue weighted by atomic mass is 19.1. The van der Waals surface area contributed by atoms with Crippen LogP contribution in [0.3, 0.4) is 0 Å². The van der Waals surface area contributed by atoms with Gasteiger partial charge in [-0.3, -0.25) is 0 Å². The topological polar surface area (TPSA) is 21.3 Å². The number of halogens is 3. The van der Waals surface area contributed by atoms with Gasteiger partial charge in [0.05, 0.1) is 17.2 Å². The van der Waals surface area contributed by atoms with E-state index in [1.807, 2.05) is 27.7 Å². The highest BCUT2D eigenvalue weighted by molar-refractivity contribution is 5.48. The van der Waals surface area contributed by atoms with Gasteiger partial charge < -0.3 is 10.1 Å². The molecule has 0 aromatic heterocycles. The molecule has 1 fully saturated rings. The van der Waals surface area contributed by atoms with Gasteiger partial charge >= 0.3 is 0 Å². The van der Waals surface area contributed by atoms with E-state index in [1.165, 1.54) is 0 Å². The number of rotatable bonds is 2. The first kappa shape index (κ1) is 14.2. The summed E-state index contributed by atoms with van der Waals surface area (Å²) >= 11 is 0. The van der Waals surface area contributed by atoms with Crippen molar-refractivity contribution in [2.24, 2.45) is 0 Å². The molecule has 0 spiro atoms. The molecule has 0 saturated carbocycles. The molecule has 0 aliphatic carbocycles. The van der Waals surface area contributed by atoms with Crippen LogP contribution in [0, 0.1) is 17.5 Å². The van der Waals surface area contributed by atoms with Crippen LogP contribution in [0.5, 0.6) is 0 Å². The highest BCUT2D eigenvalue weighted by Gasteiger charge is 2.46. The Morgan fingerprint density at radius 1 is 1.11 bits per heavy atom. The average molecular weight is 273 g/mol. The lowest BCUT2D eigenvalue weighted by atomic mass is 9.94. The minimum absolute atomic E-state index is 0.253. The maximum absolute atomic E-state index is 13.6. The van der Waals surface area contributed by atoms with Crippen molar-refractivity contribution < 1.29 is 17.9 Å². The summed E-state index contributed by atoms with van der Waals surface area (Å²) in [7, 11) is 0. The number of anilines is 1. The predicted octanol–water partition coefficient (Wildman–Crippen LogP) is 3.86. The average Bonchev–Trinajstić information content (AvgIpc) is 2.39. The Morgan fingerprint density at radius 2 is 1.63 bits per heavy atom. The van der Waals surface area contributed by atoms with E-state index >= 15 is 0 Å². The Morgan fingerprint density at radius 3 is 2.05 bits per heavy atom. The van der Waals surface area contributed by atoms with Crippen molar-refractivity contribution in [1.29, 1.82) is 0 Å². The summed E-state index contributed by atoms with van der Waals surface area (Å²) < 4.78 is 46.0. The van der Waals surface area contributed by atoms with Crippen LogP contribution in [0.4, 0.5) is 18.9 Å². The monoisotopic (exact) mass is 273 g/mol. The van der Waals surface area contributed by atoms with Gasteiger partial charge in [0.1, 0.15) is 11.5 Å². The first-order valence-electron chi connectivity index (χ1n) is 6.22. The molecule has 1 heterocycles. The summed E-state index contributed by atoms with van der Waals surface area (Å²) in [6, 6.07) is 1.08. The fourth-order valence-corrected chi connectivity index (χ4v) is 2.64. The van der Waals surface area contributed by atoms with Crippen molar-refractivity contribution in [2.75, 3.05) is 5.32 Å². The fraction of sp³-hybridized carbons (Fsp3) is 0.571. The molecule has 1 atom stereocenters. The molecule has 1 N–H and O–H groups in total. The SMILES string of the molecule is CC1(C)CC(Nc2c(F)cc(F)cc2F)C(C)(C)O1. The molecule has 0 bridgehead atoms. The fourth-order valence-electron chi connectivity index (χ4n) is 2.64. The third-order valence-corrected chi connectivity index (χ3v) is 3.40. The van der Waals surface area contributed by atoms with Gasteiger partial charge in [0.2, 0.25) is 0 Å². The second-order valence-corrected chi connectivity index (χ2v) is 6.11. The van der Waals surface area contributed by atoms with Gasteiger partial charge in [-0.05, 0) is 34.1 Å². The zero-order valence-electron chi connectivity index (χ0n) is 11.5. The van der Waals surface area contributed by atoms with E-state index in [4.69, 9.17) is 4.74 Å². The van der Waals surface area contributed by atoms with Crippen LogP contribution in [0.1, 0.15) is 34.1 Å². The van der Waals surface area contributed by atoms with Crippen molar-refractivity contribution in [3.8, 4) is 0 Å². The number of hydrogen-bond acceptors (Lipinski definition) is 2. The molecule has 1 aliphatic rings. The van der Waals surface area contributed by atoms with Gasteiger partial charge in [-0.25, -0.2) is 13.2 Å². The summed E-state index contributed by atoms with van der Waals surface area (Å²) in [5.74, 6) is -2.79. The molecule has 1 saturated heterocycles. The second-order valence-electron chi connectivity index (χ2n) is 6.11. The largest absolute Gasteiger partial charge is 0.375 e. The molecular weight excluding hydrogens is 255 g/mol. The lowest BCUT2D eigenvalue weighted by Gasteiger charge is -2.28. The lowest BCUT2D eigenvalue weighted by Crippen LogP contribution is -2.38. The van der Waals surface area contributed by atoms with Gasteiger partial charge in [0.25, 0.3) is 0 Å². The van der Waals surface area contributed by atoms with E-state index in [2.05, 4.69) is 5.32 Å². The molecule has 1 aromatic carbocycles. The second kappa shape index (κ2) is 4.40. The Labute approximate surface area is 111 Å². The van der Waals surface area contributed by atoms with Crippen molar-refractivity contribution in [3.05, 3.63) is 29.6 Å². The van der Waals surface area contributed by atoms with Crippen LogP contribution in [-0.2, 0) is 4.74 Å². The van der Waals surface area contributed by atoms with Crippen LogP contribution < -0.4 is 5.32 Å². The van der Waals surface area contributed by atoms with E-state index in [-0.39, 0.29) is 17.3 Å². The number of ether oxygens (including phenoxy) is 1. The van der Waals surface area contributed by atoms with E-state index in [0.717, 1.165) is 0 Å². The van der Waals surface area contributed by atoms with Gasteiger partial charge in [0.15, 0.2) is 11.6 Å². The first-order valence-corrected chi connectivity index (χ1v) is 6.22. The summed E-state index contributed by atoms with van der Waals surface area (Å²) in [5.41, 5.74) is -1.23. The minimum Gasteiger partial charge on any atom is -0.375 e. The predicted molar refractivity (Wildman–Crippen MR) is 67.6 cm³/mol. The Balaban J connectivity index is 2.27. The van der Waals surface area contributed by atoms with Crippen LogP contribution in [-0.4, -0.2) is 17.2 Å². The molecular formula is C14H18F3NO. The van der Waals surface area contributed by atoms with E-state index in [9.17, 15) is 13.2 Å². The smallest absolute Gasteiger partial charge is 0.152 e. The van der Waals surface area contributed by atoms with Gasteiger partial charge in [-0.1, -0.05) is 0 Å². The molecule has 1 aromatic rings. The molecule has 0 amide bonds. The molecule has 2 nitrogen and oxygen atoms in total. The maximum atomic E-state index is 13.6. The third kappa shape index (κ3) is 2.86. The van der Waals surface area contributed by atoms with Crippen LogP contribution in [0.15, 0.2) is 12.1 Å². The standard InChI is InChI=1S/C14H18F3NO/c1-13(2)7-11(14(3,4)19-13)18-12-9(16)5-8(15)6-10(12)17/h5-6,11,18H,7H2,1-4H3. The molecule has 106 valence electrons. The van der Waals surface area contributed by atoms with Crippen molar-refractivity contribution in [1.82, 2.24) is 0 Å². The third-order valence-electron chi connectivity index (χ3n) is 3.40. The van der Waals surface area contributed by atoms with E-state index in [0.29, 0.717) is 18.6 Å². The van der Waals surface area contributed by atoms with E-state index < -0.39 is 23.1 Å². The van der Waals surface area contributed by atoms with Crippen molar-refractivity contribution in [3.63, 3.8) is 0 Å². The zero-order valence-corrected chi connectivity index (χ0v) is 11.5. The van der Waals surface area contributed by atoms with Gasteiger partial charge in [-0.2, -0.15) is 0 Å². The zero-order chi connectivity index (χ0) is 14.4. The quantitative estimate of drug-likeness (QED) is 0.883. The molecule has 0 radical (unpaired) electrons. The summed E-state index contributed by atoms with van der Waals surface area (Å²) in [5, 5.41) is 2.81. The summed E-state index contributed by atoms with van der Waals surface area (Å²) in [6.07, 6.45) is 0.607. The lowest BCUT2D eigenvalue weighted by molar-refractivity contribution is -0.0662. The summed E-state index contributed by atoms with van der Waals surface area (Å²) in [6.45, 7) is 7.57.